The van der Waals surface area contributed by atoms with Crippen molar-refractivity contribution >= 4 is 22.2 Å². The summed E-state index contributed by atoms with van der Waals surface area (Å²) >= 11 is 1.40. The predicted molar refractivity (Wildman–Crippen MR) is 82.1 cm³/mol. The van der Waals surface area contributed by atoms with Crippen LogP contribution in [0.2, 0.25) is 0 Å². The Kier molecular flexibility index (Phi) is 3.91. The van der Waals surface area contributed by atoms with Crippen LogP contribution in [0.25, 0.3) is 0 Å². The molecule has 0 bridgehead atoms. The summed E-state index contributed by atoms with van der Waals surface area (Å²) in [5, 5.41) is 14.7. The van der Waals surface area contributed by atoms with E-state index in [2.05, 4.69) is 32.2 Å². The highest BCUT2D eigenvalue weighted by Gasteiger charge is 2.23. The zero-order valence-corrected chi connectivity index (χ0v) is 12.5. The van der Waals surface area contributed by atoms with Gasteiger partial charge in [-0.15, -0.1) is 11.3 Å². The quantitative estimate of drug-likeness (QED) is 0.899. The molecule has 2 aromatic rings. The lowest BCUT2D eigenvalue weighted by Crippen LogP contribution is -2.14. The number of carbonyl (C=O) groups excluding carboxylic acids is 1. The van der Waals surface area contributed by atoms with E-state index in [0.29, 0.717) is 16.1 Å². The minimum absolute atomic E-state index is 0.114. The highest BCUT2D eigenvalue weighted by atomic mass is 32.1. The maximum Gasteiger partial charge on any atom is 0.256 e. The Balaban J connectivity index is 2.30. The molecular weight excluding hydrogens is 268 g/mol. The molecule has 0 fully saturated rings. The molecule has 0 radical (unpaired) electrons. The molecule has 1 aromatic heterocycles. The van der Waals surface area contributed by atoms with Crippen LogP contribution in [0.1, 0.15) is 42.3 Å². The molecule has 1 heterocycles. The van der Waals surface area contributed by atoms with Gasteiger partial charge in [0.1, 0.15) is 11.1 Å². The molecular formula is C16H16N2OS. The number of rotatable bonds is 2. The van der Waals surface area contributed by atoms with Crippen molar-refractivity contribution < 1.29 is 4.79 Å². The van der Waals surface area contributed by atoms with E-state index in [-0.39, 0.29) is 11.3 Å². The fraction of sp³-hybridized carbons (Fsp3) is 0.250. The third-order valence-electron chi connectivity index (χ3n) is 2.97. The Morgan fingerprint density at radius 2 is 1.90 bits per heavy atom. The lowest BCUT2D eigenvalue weighted by atomic mass is 9.86. The number of benzene rings is 1. The van der Waals surface area contributed by atoms with Gasteiger partial charge in [0.05, 0.1) is 5.56 Å². The van der Waals surface area contributed by atoms with Crippen molar-refractivity contribution in [3.05, 3.63) is 52.4 Å². The molecule has 0 aliphatic carbocycles. The second kappa shape index (κ2) is 5.48. The van der Waals surface area contributed by atoms with Crippen molar-refractivity contribution in [2.75, 3.05) is 5.32 Å². The summed E-state index contributed by atoms with van der Waals surface area (Å²) in [5.41, 5.74) is 2.00. The predicted octanol–water partition coefficient (Wildman–Crippen LogP) is 4.17. The van der Waals surface area contributed by atoms with E-state index in [1.807, 2.05) is 23.6 Å². The highest BCUT2D eigenvalue weighted by molar-refractivity contribution is 7.14. The SMILES string of the molecule is CC(C)(C)c1csc(NC(=O)c2ccccc2)c1C#N. The van der Waals surface area contributed by atoms with Gasteiger partial charge in [-0.05, 0) is 28.5 Å². The van der Waals surface area contributed by atoms with Gasteiger partial charge >= 0.3 is 0 Å². The third kappa shape index (κ3) is 2.89. The minimum Gasteiger partial charge on any atom is -0.312 e. The van der Waals surface area contributed by atoms with Gasteiger partial charge in [0.2, 0.25) is 0 Å². The number of hydrogen-bond donors (Lipinski definition) is 1. The molecule has 0 spiro atoms. The number of nitriles is 1. The summed E-state index contributed by atoms with van der Waals surface area (Å²) in [7, 11) is 0. The van der Waals surface area contributed by atoms with Gasteiger partial charge < -0.3 is 5.32 Å². The van der Waals surface area contributed by atoms with Crippen LogP contribution >= 0.6 is 11.3 Å². The number of hydrogen-bond acceptors (Lipinski definition) is 3. The average molecular weight is 284 g/mol. The molecule has 0 saturated heterocycles. The maximum absolute atomic E-state index is 12.1. The zero-order valence-electron chi connectivity index (χ0n) is 11.7. The number of thiophene rings is 1. The maximum atomic E-state index is 12.1. The molecule has 0 unspecified atom stereocenters. The molecule has 102 valence electrons. The lowest BCUT2D eigenvalue weighted by Gasteiger charge is -2.17. The van der Waals surface area contributed by atoms with Gasteiger partial charge in [-0.25, -0.2) is 0 Å². The second-order valence-electron chi connectivity index (χ2n) is 5.54. The first-order chi connectivity index (χ1) is 9.43. The van der Waals surface area contributed by atoms with Crippen LogP contribution in [0.4, 0.5) is 5.00 Å². The Morgan fingerprint density at radius 3 is 2.45 bits per heavy atom. The Bertz CT molecular complexity index is 660. The van der Waals surface area contributed by atoms with Gasteiger partial charge in [0.15, 0.2) is 0 Å². The van der Waals surface area contributed by atoms with E-state index in [4.69, 9.17) is 0 Å². The van der Waals surface area contributed by atoms with Gasteiger partial charge in [0.25, 0.3) is 5.91 Å². The standard InChI is InChI=1S/C16H16N2OS/c1-16(2,3)13-10-20-15(12(13)9-17)18-14(19)11-7-5-4-6-8-11/h4-8,10H,1-3H3,(H,18,19). The summed E-state index contributed by atoms with van der Waals surface area (Å²) in [5.74, 6) is -0.190. The molecule has 20 heavy (non-hydrogen) atoms. The highest BCUT2D eigenvalue weighted by Crippen LogP contribution is 2.35. The van der Waals surface area contributed by atoms with E-state index in [0.717, 1.165) is 5.56 Å². The van der Waals surface area contributed by atoms with Crippen LogP contribution in [0.5, 0.6) is 0 Å². The van der Waals surface area contributed by atoms with Crippen molar-refractivity contribution in [1.29, 1.82) is 5.26 Å². The molecule has 3 nitrogen and oxygen atoms in total. The molecule has 0 saturated carbocycles. The summed E-state index contributed by atoms with van der Waals surface area (Å²) in [6.07, 6.45) is 0. The van der Waals surface area contributed by atoms with Crippen molar-refractivity contribution in [2.45, 2.75) is 26.2 Å². The first-order valence-electron chi connectivity index (χ1n) is 6.32. The number of amides is 1. The van der Waals surface area contributed by atoms with Gasteiger partial charge in [0, 0.05) is 5.56 Å². The number of nitrogens with zero attached hydrogens (tertiary/aromatic N) is 1. The van der Waals surface area contributed by atoms with E-state index in [1.54, 1.807) is 12.1 Å². The topological polar surface area (TPSA) is 52.9 Å². The fourth-order valence-electron chi connectivity index (χ4n) is 1.88. The molecule has 0 aliphatic rings. The largest absolute Gasteiger partial charge is 0.312 e. The summed E-state index contributed by atoms with van der Waals surface area (Å²) in [6, 6.07) is 11.2. The van der Waals surface area contributed by atoms with Crippen molar-refractivity contribution in [3.8, 4) is 6.07 Å². The van der Waals surface area contributed by atoms with E-state index < -0.39 is 0 Å². The third-order valence-corrected chi connectivity index (χ3v) is 3.87. The average Bonchev–Trinajstić information content (AvgIpc) is 2.82. The summed E-state index contributed by atoms with van der Waals surface area (Å²) in [6.45, 7) is 6.16. The second-order valence-corrected chi connectivity index (χ2v) is 6.42. The molecule has 0 aliphatic heterocycles. The Labute approximate surface area is 122 Å². The molecule has 1 aromatic carbocycles. The van der Waals surface area contributed by atoms with E-state index in [1.165, 1.54) is 11.3 Å². The smallest absolute Gasteiger partial charge is 0.256 e. The summed E-state index contributed by atoms with van der Waals surface area (Å²) in [4.78, 5) is 12.1. The normalized spacial score (nSPS) is 10.9. The van der Waals surface area contributed by atoms with Gasteiger partial charge in [-0.1, -0.05) is 39.0 Å². The molecule has 1 N–H and O–H groups in total. The Morgan fingerprint density at radius 1 is 1.25 bits per heavy atom. The van der Waals surface area contributed by atoms with Crippen molar-refractivity contribution in [3.63, 3.8) is 0 Å². The monoisotopic (exact) mass is 284 g/mol. The molecule has 2 rings (SSSR count). The number of anilines is 1. The van der Waals surface area contributed by atoms with Crippen molar-refractivity contribution in [1.82, 2.24) is 0 Å². The molecule has 1 amide bonds. The van der Waals surface area contributed by atoms with Crippen LogP contribution in [0.15, 0.2) is 35.7 Å². The molecule has 4 heteroatoms. The van der Waals surface area contributed by atoms with Crippen LogP contribution < -0.4 is 5.32 Å². The first kappa shape index (κ1) is 14.3. The zero-order chi connectivity index (χ0) is 14.8. The number of nitrogens with one attached hydrogen (secondary N) is 1. The lowest BCUT2D eigenvalue weighted by molar-refractivity contribution is 0.102. The van der Waals surface area contributed by atoms with Crippen LogP contribution in [-0.2, 0) is 5.41 Å². The van der Waals surface area contributed by atoms with E-state index >= 15 is 0 Å². The first-order valence-corrected chi connectivity index (χ1v) is 7.20. The van der Waals surface area contributed by atoms with Crippen molar-refractivity contribution in [2.24, 2.45) is 0 Å². The van der Waals surface area contributed by atoms with Gasteiger partial charge in [-0.2, -0.15) is 5.26 Å². The number of carbonyl (C=O) groups is 1. The molecule has 0 atom stereocenters. The van der Waals surface area contributed by atoms with Crippen LogP contribution in [-0.4, -0.2) is 5.91 Å². The fourth-order valence-corrected chi connectivity index (χ4v) is 3.01. The van der Waals surface area contributed by atoms with Crippen LogP contribution in [0.3, 0.4) is 0 Å². The summed E-state index contributed by atoms with van der Waals surface area (Å²) < 4.78 is 0. The van der Waals surface area contributed by atoms with Gasteiger partial charge in [-0.3, -0.25) is 4.79 Å². The van der Waals surface area contributed by atoms with Crippen LogP contribution in [0, 0.1) is 11.3 Å². The van der Waals surface area contributed by atoms with E-state index in [9.17, 15) is 10.1 Å². The Hall–Kier alpha value is -2.12. The minimum atomic E-state index is -0.190.